The highest BCUT2D eigenvalue weighted by Crippen LogP contribution is 2.39. The van der Waals surface area contributed by atoms with Gasteiger partial charge in [0.2, 0.25) is 5.91 Å². The van der Waals surface area contributed by atoms with E-state index in [2.05, 4.69) is 5.32 Å². The van der Waals surface area contributed by atoms with Crippen LogP contribution in [-0.2, 0) is 4.79 Å². The molecule has 0 radical (unpaired) electrons. The molecule has 2 aliphatic carbocycles. The number of hydrogen-bond donors (Lipinski definition) is 2. The average Bonchev–Trinajstić information content (AvgIpc) is 2.98. The molecule has 0 aromatic carbocycles. The van der Waals surface area contributed by atoms with Crippen molar-refractivity contribution in [3.05, 3.63) is 0 Å². The third kappa shape index (κ3) is 2.41. The minimum Gasteiger partial charge on any atom is -0.396 e. The molecule has 0 spiro atoms. The van der Waals surface area contributed by atoms with E-state index in [0.29, 0.717) is 6.04 Å². The molecule has 3 rings (SSSR count). The number of rotatable bonds is 5. The Morgan fingerprint density at radius 3 is 2.61 bits per heavy atom. The molecule has 1 atom stereocenters. The van der Waals surface area contributed by atoms with Gasteiger partial charge in [-0.15, -0.1) is 0 Å². The number of nitrogens with zero attached hydrogens (tertiary/aromatic N) is 1. The summed E-state index contributed by atoms with van der Waals surface area (Å²) in [5.41, 5.74) is 0.00410. The fraction of sp³-hybridized carbons (Fsp3) is 0.929. The SMILES string of the molecule is O=C1C(NC2CC2)CCN1CC1(CO)CCCC1. The maximum absolute atomic E-state index is 12.3. The van der Waals surface area contributed by atoms with Crippen LogP contribution < -0.4 is 5.32 Å². The van der Waals surface area contributed by atoms with E-state index in [1.54, 1.807) is 0 Å². The highest BCUT2D eigenvalue weighted by Gasteiger charge is 2.41. The number of hydrogen-bond acceptors (Lipinski definition) is 3. The van der Waals surface area contributed by atoms with Gasteiger partial charge in [-0.3, -0.25) is 4.79 Å². The number of aliphatic hydroxyl groups is 1. The van der Waals surface area contributed by atoms with Gasteiger partial charge >= 0.3 is 0 Å². The second-order valence-corrected chi connectivity index (χ2v) is 6.41. The van der Waals surface area contributed by atoms with Crippen molar-refractivity contribution in [3.63, 3.8) is 0 Å². The third-order valence-corrected chi connectivity index (χ3v) is 4.84. The van der Waals surface area contributed by atoms with E-state index in [1.807, 2.05) is 4.90 Å². The molecule has 2 N–H and O–H groups in total. The fourth-order valence-electron chi connectivity index (χ4n) is 3.48. The lowest BCUT2D eigenvalue weighted by atomic mass is 9.86. The van der Waals surface area contributed by atoms with E-state index in [4.69, 9.17) is 0 Å². The molecule has 2 saturated carbocycles. The summed E-state index contributed by atoms with van der Waals surface area (Å²) in [5.74, 6) is 0.265. The molecule has 1 unspecified atom stereocenters. The van der Waals surface area contributed by atoms with Gasteiger partial charge in [-0.05, 0) is 32.1 Å². The number of nitrogens with one attached hydrogen (secondary N) is 1. The first-order valence-corrected chi connectivity index (χ1v) is 7.38. The second kappa shape index (κ2) is 4.82. The predicted molar refractivity (Wildman–Crippen MR) is 69.1 cm³/mol. The first-order chi connectivity index (χ1) is 8.72. The highest BCUT2D eigenvalue weighted by atomic mass is 16.3. The third-order valence-electron chi connectivity index (χ3n) is 4.84. The van der Waals surface area contributed by atoms with Crippen LogP contribution >= 0.6 is 0 Å². The van der Waals surface area contributed by atoms with Gasteiger partial charge in [0.05, 0.1) is 12.6 Å². The number of carbonyl (C=O) groups excluding carboxylic acids is 1. The van der Waals surface area contributed by atoms with Crippen molar-refractivity contribution in [1.29, 1.82) is 0 Å². The summed E-state index contributed by atoms with van der Waals surface area (Å²) in [7, 11) is 0. The van der Waals surface area contributed by atoms with Crippen molar-refractivity contribution in [2.75, 3.05) is 19.7 Å². The number of carbonyl (C=O) groups is 1. The second-order valence-electron chi connectivity index (χ2n) is 6.41. The van der Waals surface area contributed by atoms with Crippen molar-refractivity contribution in [1.82, 2.24) is 10.2 Å². The van der Waals surface area contributed by atoms with Gasteiger partial charge in [0.25, 0.3) is 0 Å². The molecular weight excluding hydrogens is 228 g/mol. The van der Waals surface area contributed by atoms with Crippen LogP contribution in [0.1, 0.15) is 44.9 Å². The molecule has 3 aliphatic rings. The van der Waals surface area contributed by atoms with Gasteiger partial charge in [-0.2, -0.15) is 0 Å². The molecule has 1 heterocycles. The number of aliphatic hydroxyl groups excluding tert-OH is 1. The first-order valence-electron chi connectivity index (χ1n) is 7.38. The molecule has 0 bridgehead atoms. The molecule has 4 nitrogen and oxygen atoms in total. The van der Waals surface area contributed by atoms with Crippen LogP contribution in [0, 0.1) is 5.41 Å². The van der Waals surface area contributed by atoms with Gasteiger partial charge in [-0.1, -0.05) is 12.8 Å². The van der Waals surface area contributed by atoms with Gasteiger partial charge in [0.15, 0.2) is 0 Å². The summed E-state index contributed by atoms with van der Waals surface area (Å²) >= 11 is 0. The molecule has 1 saturated heterocycles. The normalized spacial score (nSPS) is 31.3. The Kier molecular flexibility index (Phi) is 3.32. The largest absolute Gasteiger partial charge is 0.396 e. The van der Waals surface area contributed by atoms with E-state index in [9.17, 15) is 9.90 Å². The Labute approximate surface area is 109 Å². The molecule has 3 fully saturated rings. The molecule has 1 amide bonds. The van der Waals surface area contributed by atoms with E-state index in [-0.39, 0.29) is 24.0 Å². The van der Waals surface area contributed by atoms with Crippen LogP contribution in [0.15, 0.2) is 0 Å². The zero-order chi connectivity index (χ0) is 12.6. The summed E-state index contributed by atoms with van der Waals surface area (Å²) in [6.07, 6.45) is 7.95. The standard InChI is InChI=1S/C14H24N2O2/c17-10-14(6-1-2-7-14)9-16-8-5-12(13(16)18)15-11-3-4-11/h11-12,15,17H,1-10H2. The van der Waals surface area contributed by atoms with Crippen LogP contribution in [0.4, 0.5) is 0 Å². The molecule has 102 valence electrons. The zero-order valence-electron chi connectivity index (χ0n) is 11.0. The summed E-state index contributed by atoms with van der Waals surface area (Å²) < 4.78 is 0. The Hall–Kier alpha value is -0.610. The van der Waals surface area contributed by atoms with Gasteiger partial charge in [0, 0.05) is 24.5 Å². The first kappa shape index (κ1) is 12.4. The lowest BCUT2D eigenvalue weighted by Crippen LogP contribution is -2.44. The smallest absolute Gasteiger partial charge is 0.239 e. The molecule has 1 aliphatic heterocycles. The maximum Gasteiger partial charge on any atom is 0.239 e. The average molecular weight is 252 g/mol. The minimum absolute atomic E-state index is 0.00410. The summed E-state index contributed by atoms with van der Waals surface area (Å²) in [5, 5.41) is 13.1. The Morgan fingerprint density at radius 2 is 2.00 bits per heavy atom. The molecule has 0 aromatic heterocycles. The Bertz CT molecular complexity index is 322. The quantitative estimate of drug-likeness (QED) is 0.764. The minimum atomic E-state index is 0.00410. The highest BCUT2D eigenvalue weighted by molar-refractivity contribution is 5.84. The van der Waals surface area contributed by atoms with E-state index in [0.717, 1.165) is 32.4 Å². The summed E-state index contributed by atoms with van der Waals surface area (Å²) in [4.78, 5) is 14.3. The molecular formula is C14H24N2O2. The van der Waals surface area contributed by atoms with Crippen molar-refractivity contribution in [3.8, 4) is 0 Å². The van der Waals surface area contributed by atoms with Crippen LogP contribution in [0.2, 0.25) is 0 Å². The van der Waals surface area contributed by atoms with E-state index < -0.39 is 0 Å². The van der Waals surface area contributed by atoms with Crippen LogP contribution in [0.3, 0.4) is 0 Å². The van der Waals surface area contributed by atoms with Gasteiger partial charge in [0.1, 0.15) is 0 Å². The Balaban J connectivity index is 1.57. The molecule has 4 heteroatoms. The van der Waals surface area contributed by atoms with Crippen LogP contribution in [-0.4, -0.2) is 47.7 Å². The summed E-state index contributed by atoms with van der Waals surface area (Å²) in [6.45, 7) is 1.87. The molecule has 0 aromatic rings. The lowest BCUT2D eigenvalue weighted by molar-refractivity contribution is -0.131. The monoisotopic (exact) mass is 252 g/mol. The topological polar surface area (TPSA) is 52.6 Å². The van der Waals surface area contributed by atoms with Crippen LogP contribution in [0.25, 0.3) is 0 Å². The van der Waals surface area contributed by atoms with Gasteiger partial charge in [-0.25, -0.2) is 0 Å². The van der Waals surface area contributed by atoms with Crippen molar-refractivity contribution >= 4 is 5.91 Å². The lowest BCUT2D eigenvalue weighted by Gasteiger charge is -2.31. The van der Waals surface area contributed by atoms with E-state index in [1.165, 1.54) is 25.7 Å². The Morgan fingerprint density at radius 1 is 1.28 bits per heavy atom. The predicted octanol–water partition coefficient (Wildman–Crippen LogP) is 0.892. The van der Waals surface area contributed by atoms with Gasteiger partial charge < -0.3 is 15.3 Å². The van der Waals surface area contributed by atoms with E-state index >= 15 is 0 Å². The maximum atomic E-state index is 12.3. The number of likely N-dealkylation sites (tertiary alicyclic amines) is 1. The van der Waals surface area contributed by atoms with Crippen molar-refractivity contribution < 1.29 is 9.90 Å². The van der Waals surface area contributed by atoms with Crippen molar-refractivity contribution in [2.24, 2.45) is 5.41 Å². The number of amides is 1. The summed E-state index contributed by atoms with van der Waals surface area (Å²) in [6, 6.07) is 0.645. The van der Waals surface area contributed by atoms with Crippen LogP contribution in [0.5, 0.6) is 0 Å². The molecule has 18 heavy (non-hydrogen) atoms. The fourth-order valence-corrected chi connectivity index (χ4v) is 3.48. The zero-order valence-corrected chi connectivity index (χ0v) is 11.0. The van der Waals surface area contributed by atoms with Crippen molar-refractivity contribution in [2.45, 2.75) is 57.0 Å².